The van der Waals surface area contributed by atoms with Crippen molar-refractivity contribution in [3.63, 3.8) is 0 Å². The molecule has 0 bridgehead atoms. The van der Waals surface area contributed by atoms with Gasteiger partial charge in [0.15, 0.2) is 0 Å². The van der Waals surface area contributed by atoms with Crippen LogP contribution < -0.4 is 0 Å². The van der Waals surface area contributed by atoms with Crippen LogP contribution in [-0.2, 0) is 0 Å². The van der Waals surface area contributed by atoms with Crippen LogP contribution in [0.4, 0.5) is 22.0 Å². The number of unbranched alkanes of at least 4 members (excludes halogenated alkanes) is 1. The molecule has 0 saturated heterocycles. The molecule has 0 rings (SSSR count). The molecule has 0 aromatic rings. The van der Waals surface area contributed by atoms with Crippen LogP contribution >= 0.6 is 22.6 Å². The molecule has 6 heteroatoms. The molecule has 0 aromatic heterocycles. The molecular weight excluding hydrogens is 330 g/mol. The van der Waals surface area contributed by atoms with E-state index in [1.54, 1.807) is 6.08 Å². The Balaban J connectivity index is 3.80. The van der Waals surface area contributed by atoms with E-state index in [9.17, 15) is 22.0 Å². The number of halogens is 6. The van der Waals surface area contributed by atoms with Crippen molar-refractivity contribution in [1.29, 1.82) is 0 Å². The van der Waals surface area contributed by atoms with Crippen LogP contribution in [0.3, 0.4) is 0 Å². The van der Waals surface area contributed by atoms with Crippen LogP contribution in [0.15, 0.2) is 12.2 Å². The third kappa shape index (κ3) is 6.32. The molecule has 0 unspecified atom stereocenters. The molecule has 0 aliphatic carbocycles. The molecule has 0 nitrogen and oxygen atoms in total. The number of alkyl halides is 6. The van der Waals surface area contributed by atoms with Gasteiger partial charge in [0.2, 0.25) is 0 Å². The Morgan fingerprint density at radius 3 is 1.93 bits per heavy atom. The van der Waals surface area contributed by atoms with Gasteiger partial charge in [0.05, 0.1) is 0 Å². The Labute approximate surface area is 99.1 Å². The van der Waals surface area contributed by atoms with E-state index in [1.807, 2.05) is 0 Å². The van der Waals surface area contributed by atoms with Gasteiger partial charge >= 0.3 is 12.1 Å². The maximum atomic E-state index is 12.3. The average molecular weight is 342 g/mol. The van der Waals surface area contributed by atoms with Gasteiger partial charge in [-0.15, -0.1) is 0 Å². The summed E-state index contributed by atoms with van der Waals surface area (Å²) in [5.41, 5.74) is 0. The minimum Gasteiger partial charge on any atom is -0.196 e. The molecule has 0 spiro atoms. The van der Waals surface area contributed by atoms with Crippen molar-refractivity contribution in [2.24, 2.45) is 0 Å². The summed E-state index contributed by atoms with van der Waals surface area (Å²) in [7, 11) is 0. The third-order valence-electron chi connectivity index (χ3n) is 1.71. The number of hydrogen-bond donors (Lipinski definition) is 0. The molecule has 15 heavy (non-hydrogen) atoms. The van der Waals surface area contributed by atoms with Gasteiger partial charge in [-0.1, -0.05) is 34.7 Å². The first-order chi connectivity index (χ1) is 6.81. The molecule has 0 N–H and O–H groups in total. The van der Waals surface area contributed by atoms with Crippen LogP contribution in [-0.4, -0.2) is 16.5 Å². The zero-order valence-electron chi connectivity index (χ0n) is 7.96. The van der Waals surface area contributed by atoms with Crippen LogP contribution in [0.1, 0.15) is 25.7 Å². The zero-order valence-corrected chi connectivity index (χ0v) is 10.1. The van der Waals surface area contributed by atoms with Gasteiger partial charge in [0.1, 0.15) is 0 Å². The third-order valence-corrected chi connectivity index (χ3v) is 2.47. The predicted octanol–water partition coefficient (Wildman–Crippen LogP) is 4.74. The topological polar surface area (TPSA) is 0 Å². The van der Waals surface area contributed by atoms with Crippen LogP contribution in [0.5, 0.6) is 0 Å². The van der Waals surface area contributed by atoms with E-state index in [4.69, 9.17) is 0 Å². The van der Waals surface area contributed by atoms with Crippen molar-refractivity contribution in [2.45, 2.75) is 37.8 Å². The minimum atomic E-state index is -5.43. The number of rotatable bonds is 6. The number of hydrogen-bond acceptors (Lipinski definition) is 0. The molecule has 0 atom stereocenters. The van der Waals surface area contributed by atoms with Crippen LogP contribution in [0.2, 0.25) is 0 Å². The quantitative estimate of drug-likeness (QED) is 0.215. The summed E-state index contributed by atoms with van der Waals surface area (Å²) < 4.78 is 60.7. The summed E-state index contributed by atoms with van der Waals surface area (Å²) in [5, 5.41) is 0. The van der Waals surface area contributed by atoms with Crippen molar-refractivity contribution >= 4 is 22.6 Å². The Hall–Kier alpha value is 0.120. The Morgan fingerprint density at radius 1 is 0.933 bits per heavy atom. The second kappa shape index (κ2) is 6.65. The maximum Gasteiger partial charge on any atom is 0.453 e. The fourth-order valence-corrected chi connectivity index (χ4v) is 1.28. The standard InChI is InChI=1S/C9H12F5I/c10-8(11,9(12,13)14)6-4-2-1-3-5-7-15/h1-2H,3-7H2/b2-1-. The SMILES string of the molecule is FC(F)(F)C(F)(F)CC/C=C\CCCI. The lowest BCUT2D eigenvalue weighted by Gasteiger charge is -2.18. The minimum absolute atomic E-state index is 0.242. The first-order valence-electron chi connectivity index (χ1n) is 4.47. The zero-order chi connectivity index (χ0) is 11.9. The summed E-state index contributed by atoms with van der Waals surface area (Å²) in [6.45, 7) is 0. The molecule has 0 amide bonds. The highest BCUT2D eigenvalue weighted by Crippen LogP contribution is 2.38. The molecule has 0 aliphatic rings. The highest BCUT2D eigenvalue weighted by molar-refractivity contribution is 14.1. The first-order valence-corrected chi connectivity index (χ1v) is 5.99. The van der Waals surface area contributed by atoms with Crippen molar-refractivity contribution in [1.82, 2.24) is 0 Å². The van der Waals surface area contributed by atoms with Gasteiger partial charge < -0.3 is 0 Å². The second-order valence-corrected chi connectivity index (χ2v) is 4.12. The van der Waals surface area contributed by atoms with Gasteiger partial charge in [-0.25, -0.2) is 0 Å². The monoisotopic (exact) mass is 342 g/mol. The largest absolute Gasteiger partial charge is 0.453 e. The van der Waals surface area contributed by atoms with Crippen molar-refractivity contribution in [3.8, 4) is 0 Å². The van der Waals surface area contributed by atoms with E-state index in [1.165, 1.54) is 6.08 Å². The Bertz CT molecular complexity index is 197. The van der Waals surface area contributed by atoms with Crippen molar-refractivity contribution in [3.05, 3.63) is 12.2 Å². The average Bonchev–Trinajstić information content (AvgIpc) is 2.09. The summed E-state index contributed by atoms with van der Waals surface area (Å²) in [6.07, 6.45) is -2.18. The van der Waals surface area contributed by atoms with Gasteiger partial charge in [-0.3, -0.25) is 0 Å². The highest BCUT2D eigenvalue weighted by atomic mass is 127. The van der Waals surface area contributed by atoms with Gasteiger partial charge in [0, 0.05) is 6.42 Å². The molecule has 0 radical (unpaired) electrons. The molecule has 0 aliphatic heterocycles. The lowest BCUT2D eigenvalue weighted by molar-refractivity contribution is -0.283. The van der Waals surface area contributed by atoms with E-state index in [0.717, 1.165) is 17.3 Å². The lowest BCUT2D eigenvalue weighted by Crippen LogP contribution is -2.35. The first kappa shape index (κ1) is 15.1. The van der Waals surface area contributed by atoms with Gasteiger partial charge in [-0.2, -0.15) is 22.0 Å². The molecule has 90 valence electrons. The molecule has 0 saturated carbocycles. The predicted molar refractivity (Wildman–Crippen MR) is 57.5 cm³/mol. The smallest absolute Gasteiger partial charge is 0.196 e. The molecule has 0 fully saturated rings. The second-order valence-electron chi connectivity index (χ2n) is 3.04. The van der Waals surface area contributed by atoms with Crippen molar-refractivity contribution < 1.29 is 22.0 Å². The van der Waals surface area contributed by atoms with Gasteiger partial charge in [-0.05, 0) is 23.7 Å². The summed E-state index contributed by atoms with van der Waals surface area (Å²) in [4.78, 5) is 0. The summed E-state index contributed by atoms with van der Waals surface area (Å²) >= 11 is 2.17. The fourth-order valence-electron chi connectivity index (χ4n) is 0.837. The Morgan fingerprint density at radius 2 is 1.47 bits per heavy atom. The molecule has 0 aromatic carbocycles. The summed E-state index contributed by atoms with van der Waals surface area (Å²) in [5.74, 6) is -4.57. The normalized spacial score (nSPS) is 13.7. The fraction of sp³-hybridized carbons (Fsp3) is 0.778. The highest BCUT2D eigenvalue weighted by Gasteiger charge is 2.56. The van der Waals surface area contributed by atoms with E-state index in [0.29, 0.717) is 0 Å². The van der Waals surface area contributed by atoms with Crippen molar-refractivity contribution in [2.75, 3.05) is 4.43 Å². The van der Waals surface area contributed by atoms with E-state index < -0.39 is 18.5 Å². The lowest BCUT2D eigenvalue weighted by atomic mass is 10.1. The van der Waals surface area contributed by atoms with Crippen LogP contribution in [0.25, 0.3) is 0 Å². The molecular formula is C9H12F5I. The van der Waals surface area contributed by atoms with E-state index >= 15 is 0 Å². The van der Waals surface area contributed by atoms with E-state index in [2.05, 4.69) is 22.6 Å². The number of allylic oxidation sites excluding steroid dienone is 2. The molecule has 0 heterocycles. The maximum absolute atomic E-state index is 12.3. The van der Waals surface area contributed by atoms with Crippen LogP contribution in [0, 0.1) is 0 Å². The van der Waals surface area contributed by atoms with E-state index in [-0.39, 0.29) is 6.42 Å². The Kier molecular flexibility index (Phi) is 6.70. The summed E-state index contributed by atoms with van der Waals surface area (Å²) in [6, 6.07) is 0. The van der Waals surface area contributed by atoms with Gasteiger partial charge in [0.25, 0.3) is 0 Å².